The van der Waals surface area contributed by atoms with Crippen LogP contribution in [0.5, 0.6) is 0 Å². The van der Waals surface area contributed by atoms with E-state index in [4.69, 9.17) is 11.6 Å². The Kier molecular flexibility index (Phi) is 2.45. The zero-order chi connectivity index (χ0) is 10.2. The highest BCUT2D eigenvalue weighted by molar-refractivity contribution is 6.30. The van der Waals surface area contributed by atoms with Crippen molar-refractivity contribution in [3.8, 4) is 0 Å². The van der Waals surface area contributed by atoms with Crippen LogP contribution in [0.15, 0.2) is 18.2 Å². The molecule has 0 saturated carbocycles. The molecular weight excluding hydrogens is 208 g/mol. The largest absolute Gasteiger partial charge is 0.313 e. The van der Waals surface area contributed by atoms with Crippen LogP contribution in [0, 0.1) is 5.82 Å². The van der Waals surface area contributed by atoms with Crippen molar-refractivity contribution >= 4 is 11.6 Å². The minimum Gasteiger partial charge on any atom is -0.313 e. The maximum Gasteiger partial charge on any atom is 0.149 e. The first kappa shape index (κ1) is 9.87. The fourth-order valence-corrected chi connectivity index (χ4v) is 1.86. The maximum absolute atomic E-state index is 14.1. The molecule has 1 atom stereocenters. The van der Waals surface area contributed by atoms with Crippen molar-refractivity contribution in [1.29, 1.82) is 0 Å². The molecule has 1 aromatic carbocycles. The molecule has 0 radical (unpaired) electrons. The van der Waals surface area contributed by atoms with Gasteiger partial charge >= 0.3 is 0 Å². The van der Waals surface area contributed by atoms with E-state index in [1.807, 2.05) is 0 Å². The molecule has 1 unspecified atom stereocenters. The Bertz CT molecular complexity index is 348. The topological polar surface area (TPSA) is 12.0 Å². The van der Waals surface area contributed by atoms with Crippen molar-refractivity contribution < 1.29 is 8.78 Å². The van der Waals surface area contributed by atoms with Gasteiger partial charge in [0.25, 0.3) is 0 Å². The van der Waals surface area contributed by atoms with Gasteiger partial charge in [-0.1, -0.05) is 17.7 Å². The zero-order valence-electron chi connectivity index (χ0n) is 7.49. The molecule has 4 heteroatoms. The zero-order valence-corrected chi connectivity index (χ0v) is 8.24. The monoisotopic (exact) mass is 217 g/mol. The van der Waals surface area contributed by atoms with E-state index in [9.17, 15) is 8.78 Å². The Morgan fingerprint density at radius 2 is 2.21 bits per heavy atom. The lowest BCUT2D eigenvalue weighted by molar-refractivity contribution is 0.193. The number of nitrogens with one attached hydrogen (secondary N) is 1. The predicted molar refractivity (Wildman–Crippen MR) is 51.7 cm³/mol. The smallest absolute Gasteiger partial charge is 0.149 e. The molecule has 1 nitrogen and oxygen atoms in total. The van der Waals surface area contributed by atoms with Crippen molar-refractivity contribution in [3.05, 3.63) is 34.6 Å². The van der Waals surface area contributed by atoms with Gasteiger partial charge in [0.1, 0.15) is 11.5 Å². The Morgan fingerprint density at radius 3 is 2.79 bits per heavy atom. The molecule has 76 valence electrons. The summed E-state index contributed by atoms with van der Waals surface area (Å²) in [6, 6.07) is 4.02. The second-order valence-electron chi connectivity index (χ2n) is 3.52. The fraction of sp³-hybridized carbons (Fsp3) is 0.400. The number of hydrogen-bond acceptors (Lipinski definition) is 1. The highest BCUT2D eigenvalue weighted by atomic mass is 35.5. The van der Waals surface area contributed by atoms with Crippen molar-refractivity contribution in [3.63, 3.8) is 0 Å². The molecule has 1 fully saturated rings. The Morgan fingerprint density at radius 1 is 1.43 bits per heavy atom. The highest BCUT2D eigenvalue weighted by Gasteiger charge is 2.35. The molecule has 14 heavy (non-hydrogen) atoms. The Hall–Kier alpha value is -0.670. The molecule has 1 heterocycles. The second-order valence-corrected chi connectivity index (χ2v) is 3.93. The van der Waals surface area contributed by atoms with Crippen molar-refractivity contribution in [1.82, 2.24) is 5.32 Å². The van der Waals surface area contributed by atoms with Gasteiger partial charge in [-0.2, -0.15) is 0 Å². The molecule has 1 saturated heterocycles. The molecule has 1 N–H and O–H groups in total. The van der Waals surface area contributed by atoms with E-state index in [1.54, 1.807) is 0 Å². The predicted octanol–water partition coefficient (Wildman–Crippen LogP) is 2.64. The number of alkyl halides is 1. The lowest BCUT2D eigenvalue weighted by Gasteiger charge is -2.18. The number of rotatable bonds is 1. The van der Waals surface area contributed by atoms with E-state index >= 15 is 0 Å². The van der Waals surface area contributed by atoms with Gasteiger partial charge in [0, 0.05) is 6.54 Å². The van der Waals surface area contributed by atoms with Crippen LogP contribution in [0.3, 0.4) is 0 Å². The third-order valence-electron chi connectivity index (χ3n) is 2.54. The fourth-order valence-electron chi connectivity index (χ4n) is 1.68. The molecule has 1 aliphatic rings. The van der Waals surface area contributed by atoms with Gasteiger partial charge in [0.05, 0.1) is 5.02 Å². The van der Waals surface area contributed by atoms with Crippen LogP contribution in [-0.2, 0) is 5.67 Å². The van der Waals surface area contributed by atoms with Gasteiger partial charge in [-0.05, 0) is 30.7 Å². The van der Waals surface area contributed by atoms with E-state index in [-0.39, 0.29) is 11.6 Å². The van der Waals surface area contributed by atoms with E-state index in [2.05, 4.69) is 5.32 Å². The summed E-state index contributed by atoms with van der Waals surface area (Å²) in [6.07, 6.45) is 0.412. The lowest BCUT2D eigenvalue weighted by Crippen LogP contribution is -2.23. The van der Waals surface area contributed by atoms with Crippen LogP contribution in [0.1, 0.15) is 12.0 Å². The number of halogens is 3. The quantitative estimate of drug-likeness (QED) is 0.763. The van der Waals surface area contributed by atoms with Gasteiger partial charge in [-0.15, -0.1) is 0 Å². The van der Waals surface area contributed by atoms with Crippen LogP contribution >= 0.6 is 11.6 Å². The second kappa shape index (κ2) is 3.48. The molecular formula is C10H10ClF2N. The first-order chi connectivity index (χ1) is 6.62. The summed E-state index contributed by atoms with van der Waals surface area (Å²) in [5.74, 6) is -0.509. The summed E-state index contributed by atoms with van der Waals surface area (Å²) < 4.78 is 27.0. The lowest BCUT2D eigenvalue weighted by atomic mass is 9.95. The third-order valence-corrected chi connectivity index (χ3v) is 2.83. The molecule has 1 aromatic rings. The minimum atomic E-state index is -1.39. The molecule has 0 aliphatic carbocycles. The molecule has 0 bridgehead atoms. The van der Waals surface area contributed by atoms with E-state index in [1.165, 1.54) is 18.2 Å². The van der Waals surface area contributed by atoms with Crippen molar-refractivity contribution in [2.24, 2.45) is 0 Å². The number of hydrogen-bond donors (Lipinski definition) is 1. The molecule has 1 aliphatic heterocycles. The molecule has 0 amide bonds. The van der Waals surface area contributed by atoms with Crippen LogP contribution in [0.2, 0.25) is 5.02 Å². The summed E-state index contributed by atoms with van der Waals surface area (Å²) >= 11 is 5.59. The van der Waals surface area contributed by atoms with Crippen LogP contribution in [0.4, 0.5) is 8.78 Å². The van der Waals surface area contributed by atoms with E-state index in [0.717, 1.165) is 0 Å². The van der Waals surface area contributed by atoms with Crippen LogP contribution in [0.25, 0.3) is 0 Å². The standard InChI is InChI=1S/C10H10ClF2N/c11-8-5-7(1-2-9(8)12)10(13)3-4-14-6-10/h1-2,5,14H,3-4,6H2. The third kappa shape index (κ3) is 1.62. The molecule has 0 aromatic heterocycles. The van der Waals surface area contributed by atoms with Crippen LogP contribution < -0.4 is 5.32 Å². The molecule has 2 rings (SSSR count). The highest BCUT2D eigenvalue weighted by Crippen LogP contribution is 2.33. The Balaban J connectivity index is 2.36. The SMILES string of the molecule is Fc1ccc(C2(F)CCNC2)cc1Cl. The van der Waals surface area contributed by atoms with E-state index in [0.29, 0.717) is 18.5 Å². The number of benzene rings is 1. The van der Waals surface area contributed by atoms with E-state index < -0.39 is 11.5 Å². The van der Waals surface area contributed by atoms with Gasteiger partial charge in [0.15, 0.2) is 0 Å². The van der Waals surface area contributed by atoms with Gasteiger partial charge in [0.2, 0.25) is 0 Å². The average molecular weight is 218 g/mol. The minimum absolute atomic E-state index is 0.0218. The summed E-state index contributed by atoms with van der Waals surface area (Å²) in [5.41, 5.74) is -0.939. The normalized spacial score (nSPS) is 26.8. The van der Waals surface area contributed by atoms with Crippen LogP contribution in [-0.4, -0.2) is 13.1 Å². The van der Waals surface area contributed by atoms with Crippen molar-refractivity contribution in [2.45, 2.75) is 12.1 Å². The van der Waals surface area contributed by atoms with Gasteiger partial charge < -0.3 is 5.32 Å². The summed E-state index contributed by atoms with van der Waals surface area (Å²) in [5, 5.41) is 2.91. The first-order valence-electron chi connectivity index (χ1n) is 4.47. The summed E-state index contributed by atoms with van der Waals surface area (Å²) in [7, 11) is 0. The maximum atomic E-state index is 14.1. The van der Waals surface area contributed by atoms with Crippen molar-refractivity contribution in [2.75, 3.05) is 13.1 Å². The van der Waals surface area contributed by atoms with Gasteiger partial charge in [-0.3, -0.25) is 0 Å². The Labute approximate surface area is 86.1 Å². The summed E-state index contributed by atoms with van der Waals surface area (Å²) in [4.78, 5) is 0. The summed E-state index contributed by atoms with van der Waals surface area (Å²) in [6.45, 7) is 0.917. The molecule has 0 spiro atoms. The van der Waals surface area contributed by atoms with Gasteiger partial charge in [-0.25, -0.2) is 8.78 Å². The average Bonchev–Trinajstić information content (AvgIpc) is 2.58. The first-order valence-corrected chi connectivity index (χ1v) is 4.85.